The van der Waals surface area contributed by atoms with Crippen LogP contribution in [-0.4, -0.2) is 23.7 Å². The van der Waals surface area contributed by atoms with Crippen molar-refractivity contribution in [1.82, 2.24) is 0 Å². The Kier molecular flexibility index (Phi) is 8.44. The number of aromatic carboxylic acids is 1. The van der Waals surface area contributed by atoms with Gasteiger partial charge in [-0.3, -0.25) is 0 Å². The monoisotopic (exact) mass is 432 g/mol. The molecule has 5 heteroatoms. The predicted molar refractivity (Wildman–Crippen MR) is 124 cm³/mol. The molecule has 0 saturated heterocycles. The number of unbranched alkanes of at least 4 members (excludes halogenated alkanes) is 4. The van der Waals surface area contributed by atoms with Crippen molar-refractivity contribution < 1.29 is 24.2 Å². The fourth-order valence-electron chi connectivity index (χ4n) is 3.27. The standard InChI is InChI=1S/C27H28O5/c1-2-3-4-5-6-19-31-24-15-11-21(12-16-24)20-7-9-23(10-8-20)27(30)32-25-17-13-22(14-18-25)26(28)29/h7-18H,2-6,19H2,1H3,(H,28,29). The Hall–Kier alpha value is -3.60. The van der Waals surface area contributed by atoms with Crippen molar-refractivity contribution in [2.45, 2.75) is 39.0 Å². The lowest BCUT2D eigenvalue weighted by Gasteiger charge is -2.08. The van der Waals surface area contributed by atoms with Gasteiger partial charge in [0, 0.05) is 0 Å². The maximum Gasteiger partial charge on any atom is 0.343 e. The van der Waals surface area contributed by atoms with E-state index < -0.39 is 11.9 Å². The van der Waals surface area contributed by atoms with Crippen LogP contribution < -0.4 is 9.47 Å². The third kappa shape index (κ3) is 6.71. The molecular formula is C27H28O5. The number of carbonyl (C=O) groups is 2. The lowest BCUT2D eigenvalue weighted by Crippen LogP contribution is -2.08. The highest BCUT2D eigenvalue weighted by atomic mass is 16.5. The van der Waals surface area contributed by atoms with Crippen molar-refractivity contribution in [2.75, 3.05) is 6.61 Å². The van der Waals surface area contributed by atoms with Crippen LogP contribution in [0, 0.1) is 0 Å². The number of carbonyl (C=O) groups excluding carboxylic acids is 1. The lowest BCUT2D eigenvalue weighted by atomic mass is 10.0. The second kappa shape index (κ2) is 11.7. The molecule has 0 atom stereocenters. The average Bonchev–Trinajstić information content (AvgIpc) is 2.82. The van der Waals surface area contributed by atoms with Crippen LogP contribution in [0.1, 0.15) is 59.7 Å². The largest absolute Gasteiger partial charge is 0.494 e. The van der Waals surface area contributed by atoms with E-state index in [1.54, 1.807) is 12.1 Å². The Bertz CT molecular complexity index is 1010. The minimum Gasteiger partial charge on any atom is -0.494 e. The van der Waals surface area contributed by atoms with Crippen molar-refractivity contribution in [3.63, 3.8) is 0 Å². The molecule has 166 valence electrons. The van der Waals surface area contributed by atoms with E-state index in [2.05, 4.69) is 6.92 Å². The van der Waals surface area contributed by atoms with Gasteiger partial charge in [-0.05, 0) is 66.1 Å². The molecule has 3 rings (SSSR count). The molecule has 0 aliphatic heterocycles. The molecule has 0 aliphatic rings. The third-order valence-electron chi connectivity index (χ3n) is 5.14. The minimum absolute atomic E-state index is 0.137. The summed E-state index contributed by atoms with van der Waals surface area (Å²) in [5, 5.41) is 8.93. The van der Waals surface area contributed by atoms with Crippen LogP contribution in [0.25, 0.3) is 11.1 Å². The van der Waals surface area contributed by atoms with Crippen LogP contribution in [0.5, 0.6) is 11.5 Å². The van der Waals surface area contributed by atoms with Crippen LogP contribution >= 0.6 is 0 Å². The highest BCUT2D eigenvalue weighted by Crippen LogP contribution is 2.24. The summed E-state index contributed by atoms with van der Waals surface area (Å²) in [6.07, 6.45) is 6.06. The van der Waals surface area contributed by atoms with Crippen molar-refractivity contribution in [3.8, 4) is 22.6 Å². The number of esters is 1. The minimum atomic E-state index is -1.03. The predicted octanol–water partition coefficient (Wildman–Crippen LogP) is 6.62. The number of carboxylic acids is 1. The Labute approximate surface area is 188 Å². The summed E-state index contributed by atoms with van der Waals surface area (Å²) in [7, 11) is 0. The van der Waals surface area contributed by atoms with Crippen molar-refractivity contribution in [2.24, 2.45) is 0 Å². The Balaban J connectivity index is 1.53. The summed E-state index contributed by atoms with van der Waals surface area (Å²) in [4.78, 5) is 23.3. The van der Waals surface area contributed by atoms with Gasteiger partial charge >= 0.3 is 11.9 Å². The topological polar surface area (TPSA) is 72.8 Å². The fraction of sp³-hybridized carbons (Fsp3) is 0.259. The molecule has 0 amide bonds. The van der Waals surface area contributed by atoms with Gasteiger partial charge in [0.15, 0.2) is 0 Å². The summed E-state index contributed by atoms with van der Waals surface area (Å²) in [6.45, 7) is 2.94. The van der Waals surface area contributed by atoms with Gasteiger partial charge in [-0.1, -0.05) is 56.9 Å². The molecule has 3 aromatic carbocycles. The van der Waals surface area contributed by atoms with E-state index in [0.717, 1.165) is 29.9 Å². The van der Waals surface area contributed by atoms with Gasteiger partial charge in [-0.15, -0.1) is 0 Å². The Morgan fingerprint density at radius 3 is 1.81 bits per heavy atom. The number of hydrogen-bond acceptors (Lipinski definition) is 4. The van der Waals surface area contributed by atoms with Crippen molar-refractivity contribution in [1.29, 1.82) is 0 Å². The van der Waals surface area contributed by atoms with Gasteiger partial charge < -0.3 is 14.6 Å². The summed E-state index contributed by atoms with van der Waals surface area (Å²) in [5.74, 6) is -0.369. The number of benzene rings is 3. The lowest BCUT2D eigenvalue weighted by molar-refractivity contribution is 0.0696. The first-order chi connectivity index (χ1) is 15.6. The molecule has 0 spiro atoms. The quantitative estimate of drug-likeness (QED) is 0.209. The molecule has 3 aromatic rings. The van der Waals surface area contributed by atoms with E-state index in [0.29, 0.717) is 11.3 Å². The molecule has 0 aromatic heterocycles. The van der Waals surface area contributed by atoms with Gasteiger partial charge in [-0.2, -0.15) is 0 Å². The summed E-state index contributed by atoms with van der Waals surface area (Å²) < 4.78 is 11.1. The van der Waals surface area contributed by atoms with E-state index in [1.807, 2.05) is 36.4 Å². The molecule has 5 nitrogen and oxygen atoms in total. The normalized spacial score (nSPS) is 10.5. The summed E-state index contributed by atoms with van der Waals surface area (Å²) >= 11 is 0. The van der Waals surface area contributed by atoms with E-state index in [4.69, 9.17) is 14.6 Å². The highest BCUT2D eigenvalue weighted by Gasteiger charge is 2.10. The van der Waals surface area contributed by atoms with E-state index in [9.17, 15) is 9.59 Å². The molecule has 0 unspecified atom stereocenters. The molecule has 0 saturated carbocycles. The van der Waals surface area contributed by atoms with Gasteiger partial charge in [0.1, 0.15) is 11.5 Å². The number of rotatable bonds is 11. The first kappa shape index (κ1) is 23.1. The molecule has 32 heavy (non-hydrogen) atoms. The molecular weight excluding hydrogens is 404 g/mol. The van der Waals surface area contributed by atoms with Gasteiger partial charge in [0.05, 0.1) is 17.7 Å². The average molecular weight is 433 g/mol. The fourth-order valence-corrected chi connectivity index (χ4v) is 3.27. The first-order valence-electron chi connectivity index (χ1n) is 11.0. The SMILES string of the molecule is CCCCCCCOc1ccc(-c2ccc(C(=O)Oc3ccc(C(=O)O)cc3)cc2)cc1. The van der Waals surface area contributed by atoms with Crippen LogP contribution in [-0.2, 0) is 0 Å². The molecule has 0 fully saturated rings. The summed E-state index contributed by atoms with van der Waals surface area (Å²) in [6, 6.07) is 20.8. The number of hydrogen-bond donors (Lipinski definition) is 1. The Morgan fingerprint density at radius 2 is 1.22 bits per heavy atom. The second-order valence-corrected chi connectivity index (χ2v) is 7.58. The van der Waals surface area contributed by atoms with Crippen LogP contribution in [0.4, 0.5) is 0 Å². The van der Waals surface area contributed by atoms with E-state index in [-0.39, 0.29) is 5.56 Å². The van der Waals surface area contributed by atoms with Crippen molar-refractivity contribution in [3.05, 3.63) is 83.9 Å². The van der Waals surface area contributed by atoms with E-state index >= 15 is 0 Å². The molecule has 0 radical (unpaired) electrons. The Morgan fingerprint density at radius 1 is 0.688 bits per heavy atom. The highest BCUT2D eigenvalue weighted by molar-refractivity contribution is 5.92. The zero-order valence-electron chi connectivity index (χ0n) is 18.3. The van der Waals surface area contributed by atoms with Gasteiger partial charge in [0.2, 0.25) is 0 Å². The van der Waals surface area contributed by atoms with Crippen LogP contribution in [0.3, 0.4) is 0 Å². The molecule has 1 N–H and O–H groups in total. The summed E-state index contributed by atoms with van der Waals surface area (Å²) in [5.41, 5.74) is 2.57. The second-order valence-electron chi connectivity index (χ2n) is 7.58. The van der Waals surface area contributed by atoms with Crippen LogP contribution in [0.2, 0.25) is 0 Å². The molecule has 0 bridgehead atoms. The first-order valence-corrected chi connectivity index (χ1v) is 11.0. The molecule has 0 heterocycles. The maximum absolute atomic E-state index is 12.4. The zero-order chi connectivity index (χ0) is 22.8. The van der Waals surface area contributed by atoms with Crippen LogP contribution in [0.15, 0.2) is 72.8 Å². The maximum atomic E-state index is 12.4. The van der Waals surface area contributed by atoms with Gasteiger partial charge in [-0.25, -0.2) is 9.59 Å². The van der Waals surface area contributed by atoms with Gasteiger partial charge in [0.25, 0.3) is 0 Å². The van der Waals surface area contributed by atoms with Crippen molar-refractivity contribution >= 4 is 11.9 Å². The van der Waals surface area contributed by atoms with E-state index in [1.165, 1.54) is 49.9 Å². The zero-order valence-corrected chi connectivity index (χ0v) is 18.3. The number of ether oxygens (including phenoxy) is 2. The molecule has 0 aliphatic carbocycles. The number of carboxylic acid groups (broad SMARTS) is 1. The smallest absolute Gasteiger partial charge is 0.343 e. The third-order valence-corrected chi connectivity index (χ3v) is 5.14.